The highest BCUT2D eigenvalue weighted by Gasteiger charge is 2.18. The van der Waals surface area contributed by atoms with E-state index in [0.29, 0.717) is 34.2 Å². The normalized spacial score (nSPS) is 11.6. The molecule has 0 aliphatic heterocycles. The van der Waals surface area contributed by atoms with E-state index in [9.17, 15) is 9.59 Å². The Morgan fingerprint density at radius 3 is 2.44 bits per heavy atom. The Balaban J connectivity index is 1.48. The van der Waals surface area contributed by atoms with Crippen LogP contribution in [0.3, 0.4) is 0 Å². The largest absolute Gasteiger partial charge is 0.423 e. The summed E-state index contributed by atoms with van der Waals surface area (Å²) in [4.78, 5) is 25.7. The van der Waals surface area contributed by atoms with Crippen LogP contribution in [-0.4, -0.2) is 19.2 Å². The summed E-state index contributed by atoms with van der Waals surface area (Å²) in [5, 5.41) is 11.0. The third-order valence-corrected chi connectivity index (χ3v) is 7.44. The fourth-order valence-electron chi connectivity index (χ4n) is 4.48. The molecule has 0 radical (unpaired) electrons. The van der Waals surface area contributed by atoms with Crippen LogP contribution in [0.2, 0.25) is 0 Å². The SMILES string of the molecule is Cc1cc2oc(=O)cc(CSc3nnc4n(Cc5ccccc5)c(=O)c5ccccc5n34)c2cc1C. The monoisotopic (exact) mass is 494 g/mol. The molecule has 0 fully saturated rings. The fourth-order valence-corrected chi connectivity index (χ4v) is 5.41. The van der Waals surface area contributed by atoms with E-state index in [2.05, 4.69) is 16.3 Å². The van der Waals surface area contributed by atoms with Gasteiger partial charge >= 0.3 is 5.63 Å². The lowest BCUT2D eigenvalue weighted by atomic mass is 10.0. The molecule has 0 N–H and O–H groups in total. The van der Waals surface area contributed by atoms with E-state index in [4.69, 9.17) is 4.42 Å². The molecule has 0 saturated carbocycles. The first-order chi connectivity index (χ1) is 17.5. The number of hydrogen-bond acceptors (Lipinski definition) is 6. The number of aromatic nitrogens is 4. The van der Waals surface area contributed by atoms with Crippen LogP contribution in [0.4, 0.5) is 0 Å². The summed E-state index contributed by atoms with van der Waals surface area (Å²) < 4.78 is 9.04. The molecule has 0 aliphatic carbocycles. The van der Waals surface area contributed by atoms with Gasteiger partial charge in [0.25, 0.3) is 5.56 Å². The van der Waals surface area contributed by atoms with Gasteiger partial charge < -0.3 is 4.42 Å². The highest BCUT2D eigenvalue weighted by atomic mass is 32.2. The standard InChI is InChI=1S/C28H22N4O3S/c1-17-12-22-20(14-25(33)35-24(22)13-18(17)2)16-36-28-30-29-27-31(15-19-8-4-3-5-9-19)26(34)21-10-6-7-11-23(21)32(27)28/h3-14H,15-16H2,1-2H3. The Kier molecular flexibility index (Phi) is 5.45. The zero-order chi connectivity index (χ0) is 24.8. The van der Waals surface area contributed by atoms with Crippen molar-refractivity contribution < 1.29 is 4.42 Å². The molecular formula is C28H22N4O3S. The highest BCUT2D eigenvalue weighted by Crippen LogP contribution is 2.29. The molecule has 0 amide bonds. The van der Waals surface area contributed by atoms with Gasteiger partial charge in [-0.1, -0.05) is 54.2 Å². The Labute approximate surface area is 210 Å². The van der Waals surface area contributed by atoms with Gasteiger partial charge in [-0.05, 0) is 60.4 Å². The van der Waals surface area contributed by atoms with Crippen LogP contribution in [0.5, 0.6) is 0 Å². The number of benzene rings is 3. The minimum atomic E-state index is -0.380. The van der Waals surface area contributed by atoms with Crippen LogP contribution in [0, 0.1) is 13.8 Å². The van der Waals surface area contributed by atoms with E-state index < -0.39 is 0 Å². The lowest BCUT2D eigenvalue weighted by Gasteiger charge is -2.12. The third kappa shape index (κ3) is 3.79. The van der Waals surface area contributed by atoms with Crippen molar-refractivity contribution >= 4 is 39.4 Å². The number of para-hydroxylation sites is 1. The molecule has 0 bridgehead atoms. The van der Waals surface area contributed by atoms with Gasteiger partial charge in [0.15, 0.2) is 5.16 Å². The molecule has 36 heavy (non-hydrogen) atoms. The average Bonchev–Trinajstić information content (AvgIpc) is 3.31. The van der Waals surface area contributed by atoms with E-state index in [1.807, 2.05) is 78.9 Å². The Morgan fingerprint density at radius 2 is 1.61 bits per heavy atom. The lowest BCUT2D eigenvalue weighted by molar-refractivity contribution is 0.559. The van der Waals surface area contributed by atoms with Crippen LogP contribution in [-0.2, 0) is 12.3 Å². The molecule has 3 aromatic heterocycles. The summed E-state index contributed by atoms with van der Waals surface area (Å²) >= 11 is 1.47. The number of thioether (sulfide) groups is 1. The lowest BCUT2D eigenvalue weighted by Crippen LogP contribution is -2.24. The van der Waals surface area contributed by atoms with E-state index in [0.717, 1.165) is 33.2 Å². The van der Waals surface area contributed by atoms with Gasteiger partial charge in [0.05, 0.1) is 17.4 Å². The van der Waals surface area contributed by atoms with E-state index in [-0.39, 0.29) is 11.2 Å². The number of aryl methyl sites for hydroxylation is 2. The van der Waals surface area contributed by atoms with Crippen molar-refractivity contribution in [3.8, 4) is 0 Å². The first-order valence-corrected chi connectivity index (χ1v) is 12.6. The van der Waals surface area contributed by atoms with Crippen molar-refractivity contribution in [2.24, 2.45) is 0 Å². The Hall–Kier alpha value is -4.17. The number of rotatable bonds is 5. The van der Waals surface area contributed by atoms with Gasteiger partial charge in [0, 0.05) is 17.2 Å². The van der Waals surface area contributed by atoms with E-state index >= 15 is 0 Å². The number of nitrogens with zero attached hydrogens (tertiary/aromatic N) is 4. The van der Waals surface area contributed by atoms with E-state index in [1.54, 1.807) is 4.57 Å². The van der Waals surface area contributed by atoms with Gasteiger partial charge in [-0.25, -0.2) is 4.79 Å². The van der Waals surface area contributed by atoms with Crippen molar-refractivity contribution in [2.45, 2.75) is 31.3 Å². The predicted molar refractivity (Wildman–Crippen MR) is 142 cm³/mol. The van der Waals surface area contributed by atoms with Crippen LogP contribution in [0.15, 0.2) is 92.0 Å². The minimum Gasteiger partial charge on any atom is -0.423 e. The summed E-state index contributed by atoms with van der Waals surface area (Å²) in [5.74, 6) is 0.978. The molecule has 8 heteroatoms. The molecule has 0 spiro atoms. The van der Waals surface area contributed by atoms with E-state index in [1.165, 1.54) is 17.8 Å². The van der Waals surface area contributed by atoms with Crippen LogP contribution in [0.1, 0.15) is 22.3 Å². The number of hydrogen-bond donors (Lipinski definition) is 0. The smallest absolute Gasteiger partial charge is 0.336 e. The number of fused-ring (bicyclic) bond motifs is 4. The molecule has 3 heterocycles. The highest BCUT2D eigenvalue weighted by molar-refractivity contribution is 7.98. The van der Waals surface area contributed by atoms with Gasteiger partial charge in [0.1, 0.15) is 5.58 Å². The molecule has 178 valence electrons. The van der Waals surface area contributed by atoms with Gasteiger partial charge in [-0.2, -0.15) is 0 Å². The quantitative estimate of drug-likeness (QED) is 0.245. The molecule has 0 saturated heterocycles. The summed E-state index contributed by atoms with van der Waals surface area (Å²) in [6.45, 7) is 4.43. The second-order valence-electron chi connectivity index (χ2n) is 8.82. The first-order valence-electron chi connectivity index (χ1n) is 11.6. The zero-order valence-electron chi connectivity index (χ0n) is 19.8. The van der Waals surface area contributed by atoms with Gasteiger partial charge in [-0.15, -0.1) is 10.2 Å². The van der Waals surface area contributed by atoms with Crippen molar-refractivity contribution in [1.82, 2.24) is 19.2 Å². The molecule has 3 aromatic carbocycles. The maximum atomic E-state index is 13.4. The van der Waals surface area contributed by atoms with Gasteiger partial charge in [-0.3, -0.25) is 13.8 Å². The second-order valence-corrected chi connectivity index (χ2v) is 9.77. The maximum absolute atomic E-state index is 13.4. The molecule has 0 atom stereocenters. The van der Waals surface area contributed by atoms with Crippen molar-refractivity contribution in [3.05, 3.63) is 116 Å². The van der Waals surface area contributed by atoms with Crippen molar-refractivity contribution in [2.75, 3.05) is 0 Å². The topological polar surface area (TPSA) is 82.4 Å². The average molecular weight is 495 g/mol. The van der Waals surface area contributed by atoms with Crippen molar-refractivity contribution in [3.63, 3.8) is 0 Å². The fraction of sp³-hybridized carbons (Fsp3) is 0.143. The first kappa shape index (κ1) is 22.3. The Bertz CT molecular complexity index is 1890. The predicted octanol–water partition coefficient (Wildman–Crippen LogP) is 5.11. The molecule has 6 rings (SSSR count). The Morgan fingerprint density at radius 1 is 0.861 bits per heavy atom. The van der Waals surface area contributed by atoms with Crippen LogP contribution in [0.25, 0.3) is 27.6 Å². The van der Waals surface area contributed by atoms with Crippen molar-refractivity contribution in [1.29, 1.82) is 0 Å². The molecule has 7 nitrogen and oxygen atoms in total. The van der Waals surface area contributed by atoms with Gasteiger partial charge in [0.2, 0.25) is 5.78 Å². The summed E-state index contributed by atoms with van der Waals surface area (Å²) in [6, 6.07) is 22.8. The molecule has 6 aromatic rings. The summed E-state index contributed by atoms with van der Waals surface area (Å²) in [6.07, 6.45) is 0. The van der Waals surface area contributed by atoms with Crippen LogP contribution >= 0.6 is 11.8 Å². The maximum Gasteiger partial charge on any atom is 0.336 e. The third-order valence-electron chi connectivity index (χ3n) is 6.46. The second kappa shape index (κ2) is 8.80. The summed E-state index contributed by atoms with van der Waals surface area (Å²) in [7, 11) is 0. The van der Waals surface area contributed by atoms with Crippen LogP contribution < -0.4 is 11.2 Å². The minimum absolute atomic E-state index is 0.108. The zero-order valence-corrected chi connectivity index (χ0v) is 20.6. The molecular weight excluding hydrogens is 472 g/mol. The molecule has 0 aliphatic rings. The summed E-state index contributed by atoms with van der Waals surface area (Å²) in [5.41, 5.74) is 4.91. The molecule has 0 unspecified atom stereocenters.